The Balaban J connectivity index is 2.43. The molecule has 1 heterocycles. The second kappa shape index (κ2) is 5.19. The maximum absolute atomic E-state index is 11.6. The average molecular weight is 280 g/mol. The molecule has 0 unspecified atom stereocenters. The molecule has 0 aliphatic rings. The molecular weight excluding hydrogens is 270 g/mol. The number of rotatable bonds is 3. The van der Waals surface area contributed by atoms with E-state index in [0.29, 0.717) is 10.6 Å². The highest BCUT2D eigenvalue weighted by Crippen LogP contribution is 2.22. The Morgan fingerprint density at radius 1 is 1.47 bits per heavy atom. The van der Waals surface area contributed by atoms with Gasteiger partial charge in [-0.2, -0.15) is 0 Å². The van der Waals surface area contributed by atoms with Crippen LogP contribution < -0.4 is 5.69 Å². The Morgan fingerprint density at radius 2 is 2.21 bits per heavy atom. The maximum atomic E-state index is 11.6. The van der Waals surface area contributed by atoms with Crippen molar-refractivity contribution in [3.63, 3.8) is 0 Å². The van der Waals surface area contributed by atoms with Crippen LogP contribution in [-0.4, -0.2) is 14.5 Å². The summed E-state index contributed by atoms with van der Waals surface area (Å²) in [7, 11) is 0. The molecule has 0 aliphatic carbocycles. The second-order valence-electron chi connectivity index (χ2n) is 4.07. The molecular formula is C12H10ClN3O3. The van der Waals surface area contributed by atoms with Crippen molar-refractivity contribution in [2.24, 2.45) is 0 Å². The summed E-state index contributed by atoms with van der Waals surface area (Å²) in [6.07, 6.45) is 3.10. The van der Waals surface area contributed by atoms with Crippen LogP contribution in [0.2, 0.25) is 5.02 Å². The first kappa shape index (κ1) is 13.2. The molecule has 0 aliphatic heterocycles. The van der Waals surface area contributed by atoms with Crippen molar-refractivity contribution in [1.29, 1.82) is 0 Å². The third-order valence-corrected chi connectivity index (χ3v) is 2.93. The zero-order valence-electron chi connectivity index (χ0n) is 10.0. The van der Waals surface area contributed by atoms with E-state index in [4.69, 9.17) is 11.6 Å². The quantitative estimate of drug-likeness (QED) is 0.637. The van der Waals surface area contributed by atoms with Gasteiger partial charge in [-0.15, -0.1) is 0 Å². The molecule has 2 rings (SSSR count). The van der Waals surface area contributed by atoms with E-state index < -0.39 is 10.6 Å². The Bertz CT molecular complexity index is 697. The van der Waals surface area contributed by atoms with Crippen LogP contribution in [0.15, 0.2) is 35.4 Å². The van der Waals surface area contributed by atoms with Crippen molar-refractivity contribution in [3.8, 4) is 0 Å². The number of nitro benzene ring substituents is 1. The number of halogens is 1. The number of aromatic nitrogens is 2. The van der Waals surface area contributed by atoms with Crippen molar-refractivity contribution in [1.82, 2.24) is 9.55 Å². The predicted molar refractivity (Wildman–Crippen MR) is 70.4 cm³/mol. The van der Waals surface area contributed by atoms with Gasteiger partial charge in [0.15, 0.2) is 0 Å². The fraction of sp³-hybridized carbons (Fsp3) is 0.167. The SMILES string of the molecule is Cc1cnc(=O)n(Cc2cc([N+](=O)[O-])ccc2Cl)c1. The molecule has 1 aromatic carbocycles. The van der Waals surface area contributed by atoms with Gasteiger partial charge < -0.3 is 0 Å². The molecule has 0 saturated carbocycles. The molecule has 0 bridgehead atoms. The molecule has 19 heavy (non-hydrogen) atoms. The molecule has 0 spiro atoms. The van der Waals surface area contributed by atoms with E-state index in [-0.39, 0.29) is 12.2 Å². The number of nitro groups is 1. The minimum Gasteiger partial charge on any atom is -0.294 e. The summed E-state index contributed by atoms with van der Waals surface area (Å²) in [5, 5.41) is 11.1. The number of hydrogen-bond acceptors (Lipinski definition) is 4. The number of aryl methyl sites for hydroxylation is 1. The summed E-state index contributed by atoms with van der Waals surface area (Å²) >= 11 is 5.98. The molecule has 0 amide bonds. The summed E-state index contributed by atoms with van der Waals surface area (Å²) in [5.74, 6) is 0. The Kier molecular flexibility index (Phi) is 3.62. The molecule has 0 atom stereocenters. The van der Waals surface area contributed by atoms with Crippen LogP contribution in [0.4, 0.5) is 5.69 Å². The summed E-state index contributed by atoms with van der Waals surface area (Å²) < 4.78 is 1.36. The van der Waals surface area contributed by atoms with Crippen LogP contribution >= 0.6 is 11.6 Å². The topological polar surface area (TPSA) is 78.0 Å². The van der Waals surface area contributed by atoms with Crippen LogP contribution in [0.25, 0.3) is 0 Å². The summed E-state index contributed by atoms with van der Waals surface area (Å²) in [4.78, 5) is 25.5. The molecule has 0 N–H and O–H groups in total. The lowest BCUT2D eigenvalue weighted by molar-refractivity contribution is -0.384. The first-order valence-electron chi connectivity index (χ1n) is 5.43. The Morgan fingerprint density at radius 3 is 2.89 bits per heavy atom. The molecule has 98 valence electrons. The third-order valence-electron chi connectivity index (χ3n) is 2.56. The van der Waals surface area contributed by atoms with Gasteiger partial charge in [-0.1, -0.05) is 11.6 Å². The highest BCUT2D eigenvalue weighted by atomic mass is 35.5. The molecule has 2 aromatic rings. The van der Waals surface area contributed by atoms with E-state index in [1.54, 1.807) is 13.1 Å². The summed E-state index contributed by atoms with van der Waals surface area (Å²) in [6.45, 7) is 1.95. The van der Waals surface area contributed by atoms with Gasteiger partial charge in [-0.25, -0.2) is 9.78 Å². The number of non-ortho nitro benzene ring substituents is 1. The van der Waals surface area contributed by atoms with Gasteiger partial charge >= 0.3 is 5.69 Å². The first-order chi connectivity index (χ1) is 8.97. The van der Waals surface area contributed by atoms with Crippen LogP contribution in [0.3, 0.4) is 0 Å². The minimum absolute atomic E-state index is 0.0620. The molecule has 6 nitrogen and oxygen atoms in total. The largest absolute Gasteiger partial charge is 0.347 e. The van der Waals surface area contributed by atoms with Gasteiger partial charge in [0, 0.05) is 29.5 Å². The average Bonchev–Trinajstić information content (AvgIpc) is 2.36. The van der Waals surface area contributed by atoms with Crippen LogP contribution in [0, 0.1) is 17.0 Å². The van der Waals surface area contributed by atoms with Gasteiger partial charge in [0.25, 0.3) is 5.69 Å². The van der Waals surface area contributed by atoms with Crippen molar-refractivity contribution in [2.75, 3.05) is 0 Å². The van der Waals surface area contributed by atoms with E-state index >= 15 is 0 Å². The molecule has 0 radical (unpaired) electrons. The van der Waals surface area contributed by atoms with Crippen LogP contribution in [0.1, 0.15) is 11.1 Å². The van der Waals surface area contributed by atoms with E-state index in [2.05, 4.69) is 4.98 Å². The third kappa shape index (κ3) is 2.97. The van der Waals surface area contributed by atoms with Crippen molar-refractivity contribution in [2.45, 2.75) is 13.5 Å². The Hall–Kier alpha value is -2.21. The normalized spacial score (nSPS) is 10.4. The fourth-order valence-corrected chi connectivity index (χ4v) is 1.84. The predicted octanol–water partition coefficient (Wildman–Crippen LogP) is 2.16. The monoisotopic (exact) mass is 279 g/mol. The zero-order chi connectivity index (χ0) is 14.0. The number of nitrogens with zero attached hydrogens (tertiary/aromatic N) is 3. The smallest absolute Gasteiger partial charge is 0.294 e. The van der Waals surface area contributed by atoms with Gasteiger partial charge in [-0.05, 0) is 24.1 Å². The molecule has 7 heteroatoms. The van der Waals surface area contributed by atoms with Gasteiger partial charge in [0.2, 0.25) is 0 Å². The van der Waals surface area contributed by atoms with E-state index in [0.717, 1.165) is 5.56 Å². The molecule has 0 saturated heterocycles. The van der Waals surface area contributed by atoms with Crippen LogP contribution in [0.5, 0.6) is 0 Å². The second-order valence-corrected chi connectivity index (χ2v) is 4.48. The van der Waals surface area contributed by atoms with Crippen molar-refractivity contribution < 1.29 is 4.92 Å². The first-order valence-corrected chi connectivity index (χ1v) is 5.81. The highest BCUT2D eigenvalue weighted by Gasteiger charge is 2.10. The maximum Gasteiger partial charge on any atom is 0.347 e. The van der Waals surface area contributed by atoms with Gasteiger partial charge in [0.1, 0.15) is 0 Å². The fourth-order valence-electron chi connectivity index (χ4n) is 1.66. The lowest BCUT2D eigenvalue weighted by Gasteiger charge is -2.07. The van der Waals surface area contributed by atoms with Gasteiger partial charge in [0.05, 0.1) is 11.5 Å². The number of hydrogen-bond donors (Lipinski definition) is 0. The lowest BCUT2D eigenvalue weighted by Crippen LogP contribution is -2.23. The number of benzene rings is 1. The summed E-state index contributed by atoms with van der Waals surface area (Å²) in [6, 6.07) is 4.13. The standard InChI is InChI=1S/C12H10ClN3O3/c1-8-5-14-12(17)15(6-8)7-9-4-10(16(18)19)2-3-11(9)13/h2-6H,7H2,1H3. The summed E-state index contributed by atoms with van der Waals surface area (Å²) in [5.41, 5.74) is 0.841. The van der Waals surface area contributed by atoms with Crippen molar-refractivity contribution >= 4 is 17.3 Å². The van der Waals surface area contributed by atoms with Crippen LogP contribution in [-0.2, 0) is 6.54 Å². The lowest BCUT2D eigenvalue weighted by atomic mass is 10.2. The zero-order valence-corrected chi connectivity index (χ0v) is 10.8. The van der Waals surface area contributed by atoms with Crippen molar-refractivity contribution in [3.05, 3.63) is 67.3 Å². The highest BCUT2D eigenvalue weighted by molar-refractivity contribution is 6.31. The molecule has 0 fully saturated rings. The Labute approximate surface area is 113 Å². The van der Waals surface area contributed by atoms with E-state index in [1.807, 2.05) is 0 Å². The van der Waals surface area contributed by atoms with E-state index in [9.17, 15) is 14.9 Å². The van der Waals surface area contributed by atoms with Gasteiger partial charge in [-0.3, -0.25) is 14.7 Å². The minimum atomic E-state index is -0.503. The van der Waals surface area contributed by atoms with E-state index in [1.165, 1.54) is 29.0 Å². The molecule has 1 aromatic heterocycles.